The molecule has 0 bridgehead atoms. The largest absolute Gasteiger partial charge is 0.496 e. The van der Waals surface area contributed by atoms with Crippen molar-refractivity contribution in [2.24, 2.45) is 5.92 Å². The third kappa shape index (κ3) is 3.04. The Kier molecular flexibility index (Phi) is 4.81. The number of benzene rings is 1. The van der Waals surface area contributed by atoms with Crippen LogP contribution in [0, 0.1) is 5.92 Å². The lowest BCUT2D eigenvalue weighted by atomic mass is 9.76. The summed E-state index contributed by atoms with van der Waals surface area (Å²) in [6, 6.07) is 7.70. The predicted octanol–water partition coefficient (Wildman–Crippen LogP) is 3.40. The van der Waals surface area contributed by atoms with E-state index in [-0.39, 0.29) is 5.78 Å². The zero-order valence-corrected chi connectivity index (χ0v) is 12.6. The average molecular weight is 276 g/mol. The summed E-state index contributed by atoms with van der Waals surface area (Å²) in [6.45, 7) is 2.24. The number of para-hydroxylation sites is 1. The first kappa shape index (κ1) is 15.0. The van der Waals surface area contributed by atoms with Gasteiger partial charge < -0.3 is 9.47 Å². The molecule has 1 aliphatic rings. The standard InChI is InChI=1S/C17H24O3/c1-13-8-10-17(20-3,11-9-13)16(18)12-14-6-4-5-7-15(14)19-2/h4-7,13H,8-12H2,1-3H3. The van der Waals surface area contributed by atoms with E-state index < -0.39 is 5.60 Å². The van der Waals surface area contributed by atoms with E-state index in [1.165, 1.54) is 0 Å². The molecule has 0 heterocycles. The smallest absolute Gasteiger partial charge is 0.169 e. The van der Waals surface area contributed by atoms with E-state index in [9.17, 15) is 4.79 Å². The molecular weight excluding hydrogens is 252 g/mol. The zero-order chi connectivity index (χ0) is 14.6. The van der Waals surface area contributed by atoms with Gasteiger partial charge in [0.15, 0.2) is 5.78 Å². The van der Waals surface area contributed by atoms with E-state index in [0.29, 0.717) is 12.3 Å². The summed E-state index contributed by atoms with van der Waals surface area (Å²) < 4.78 is 11.0. The number of hydrogen-bond acceptors (Lipinski definition) is 3. The first-order valence-corrected chi connectivity index (χ1v) is 7.31. The van der Waals surface area contributed by atoms with Crippen LogP contribution in [0.15, 0.2) is 24.3 Å². The van der Waals surface area contributed by atoms with Gasteiger partial charge in [0.05, 0.1) is 7.11 Å². The lowest BCUT2D eigenvalue weighted by Gasteiger charge is -2.37. The van der Waals surface area contributed by atoms with Crippen LogP contribution in [0.25, 0.3) is 0 Å². The molecule has 1 aromatic carbocycles. The molecule has 3 nitrogen and oxygen atoms in total. The fraction of sp³-hybridized carbons (Fsp3) is 0.588. The Morgan fingerprint density at radius 2 is 1.90 bits per heavy atom. The highest BCUT2D eigenvalue weighted by molar-refractivity contribution is 5.89. The van der Waals surface area contributed by atoms with Crippen molar-refractivity contribution in [3.05, 3.63) is 29.8 Å². The summed E-state index contributed by atoms with van der Waals surface area (Å²) in [5.74, 6) is 1.64. The maximum atomic E-state index is 12.7. The molecule has 1 aliphatic carbocycles. The van der Waals surface area contributed by atoms with Crippen LogP contribution in [0.3, 0.4) is 0 Å². The molecule has 3 heteroatoms. The Morgan fingerprint density at radius 1 is 1.25 bits per heavy atom. The molecule has 1 fully saturated rings. The highest BCUT2D eigenvalue weighted by atomic mass is 16.5. The second kappa shape index (κ2) is 6.40. The van der Waals surface area contributed by atoms with Crippen molar-refractivity contribution in [2.45, 2.75) is 44.6 Å². The molecule has 0 aromatic heterocycles. The van der Waals surface area contributed by atoms with Crippen molar-refractivity contribution >= 4 is 5.78 Å². The van der Waals surface area contributed by atoms with Gasteiger partial charge >= 0.3 is 0 Å². The minimum Gasteiger partial charge on any atom is -0.496 e. The fourth-order valence-corrected chi connectivity index (χ4v) is 3.01. The summed E-state index contributed by atoms with van der Waals surface area (Å²) in [7, 11) is 3.30. The molecule has 110 valence electrons. The van der Waals surface area contributed by atoms with Gasteiger partial charge in [0.2, 0.25) is 0 Å². The molecule has 0 radical (unpaired) electrons. The highest BCUT2D eigenvalue weighted by Crippen LogP contribution is 2.36. The van der Waals surface area contributed by atoms with E-state index in [1.54, 1.807) is 14.2 Å². The Balaban J connectivity index is 2.13. The van der Waals surface area contributed by atoms with Gasteiger partial charge in [0, 0.05) is 19.1 Å². The summed E-state index contributed by atoms with van der Waals surface area (Å²) in [5, 5.41) is 0. The van der Waals surface area contributed by atoms with Crippen LogP contribution in [0.4, 0.5) is 0 Å². The van der Waals surface area contributed by atoms with Crippen LogP contribution in [0.5, 0.6) is 5.75 Å². The van der Waals surface area contributed by atoms with Crippen molar-refractivity contribution in [3.63, 3.8) is 0 Å². The minimum absolute atomic E-state index is 0.177. The second-order valence-corrected chi connectivity index (χ2v) is 5.79. The number of carbonyl (C=O) groups is 1. The van der Waals surface area contributed by atoms with E-state index in [1.807, 2.05) is 24.3 Å². The predicted molar refractivity (Wildman–Crippen MR) is 79.1 cm³/mol. The van der Waals surface area contributed by atoms with Gasteiger partial charge in [-0.3, -0.25) is 4.79 Å². The molecule has 1 aromatic rings. The Morgan fingerprint density at radius 3 is 2.50 bits per heavy atom. The van der Waals surface area contributed by atoms with Crippen LogP contribution in [0.2, 0.25) is 0 Å². The number of methoxy groups -OCH3 is 2. The zero-order valence-electron chi connectivity index (χ0n) is 12.6. The molecule has 2 rings (SSSR count). The van der Waals surface area contributed by atoms with Crippen molar-refractivity contribution in [2.75, 3.05) is 14.2 Å². The van der Waals surface area contributed by atoms with E-state index >= 15 is 0 Å². The molecule has 0 N–H and O–H groups in total. The first-order chi connectivity index (χ1) is 9.61. The second-order valence-electron chi connectivity index (χ2n) is 5.79. The quantitative estimate of drug-likeness (QED) is 0.827. The van der Waals surface area contributed by atoms with Crippen LogP contribution in [-0.2, 0) is 16.0 Å². The van der Waals surface area contributed by atoms with Gasteiger partial charge in [-0.15, -0.1) is 0 Å². The highest BCUT2D eigenvalue weighted by Gasteiger charge is 2.40. The van der Waals surface area contributed by atoms with Gasteiger partial charge in [-0.25, -0.2) is 0 Å². The van der Waals surface area contributed by atoms with E-state index in [2.05, 4.69) is 6.92 Å². The molecule has 0 saturated heterocycles. The number of carbonyl (C=O) groups excluding carboxylic acids is 1. The van der Waals surface area contributed by atoms with Gasteiger partial charge in [0.1, 0.15) is 11.4 Å². The maximum Gasteiger partial charge on any atom is 0.169 e. The molecule has 0 atom stereocenters. The monoisotopic (exact) mass is 276 g/mol. The SMILES string of the molecule is COc1ccccc1CC(=O)C1(OC)CCC(C)CC1. The molecule has 0 amide bonds. The number of ketones is 1. The third-order valence-corrected chi connectivity index (χ3v) is 4.52. The van der Waals surface area contributed by atoms with Crippen molar-refractivity contribution in [1.29, 1.82) is 0 Å². The Hall–Kier alpha value is -1.35. The Labute approximate surface area is 121 Å². The molecule has 0 aliphatic heterocycles. The van der Waals surface area contributed by atoms with Crippen LogP contribution in [-0.4, -0.2) is 25.6 Å². The molecule has 20 heavy (non-hydrogen) atoms. The lowest BCUT2D eigenvalue weighted by Crippen LogP contribution is -2.44. The topological polar surface area (TPSA) is 35.5 Å². The van der Waals surface area contributed by atoms with Crippen molar-refractivity contribution in [1.82, 2.24) is 0 Å². The van der Waals surface area contributed by atoms with E-state index in [4.69, 9.17) is 9.47 Å². The number of rotatable bonds is 5. The summed E-state index contributed by atoms with van der Waals surface area (Å²) in [5.41, 5.74) is 0.350. The molecule has 1 saturated carbocycles. The fourth-order valence-electron chi connectivity index (χ4n) is 3.01. The Bertz CT molecular complexity index is 459. The molecule has 0 unspecified atom stereocenters. The summed E-state index contributed by atoms with van der Waals surface area (Å²) in [6.07, 6.45) is 4.17. The molecule has 0 spiro atoms. The molecular formula is C17H24O3. The maximum absolute atomic E-state index is 12.7. The summed E-state index contributed by atoms with van der Waals surface area (Å²) >= 11 is 0. The van der Waals surface area contributed by atoms with Crippen LogP contribution in [0.1, 0.15) is 38.2 Å². The van der Waals surface area contributed by atoms with Gasteiger partial charge in [0.25, 0.3) is 0 Å². The number of hydrogen-bond donors (Lipinski definition) is 0. The number of Topliss-reactive ketones (excluding diaryl/α,β-unsaturated/α-hetero) is 1. The van der Waals surface area contributed by atoms with Gasteiger partial charge in [-0.1, -0.05) is 25.1 Å². The van der Waals surface area contributed by atoms with Crippen molar-refractivity contribution in [3.8, 4) is 5.75 Å². The third-order valence-electron chi connectivity index (χ3n) is 4.52. The van der Waals surface area contributed by atoms with Crippen molar-refractivity contribution < 1.29 is 14.3 Å². The summed E-state index contributed by atoms with van der Waals surface area (Å²) in [4.78, 5) is 12.7. The van der Waals surface area contributed by atoms with Gasteiger partial charge in [-0.2, -0.15) is 0 Å². The minimum atomic E-state index is -0.590. The van der Waals surface area contributed by atoms with Crippen LogP contribution < -0.4 is 4.74 Å². The number of ether oxygens (including phenoxy) is 2. The lowest BCUT2D eigenvalue weighted by molar-refractivity contribution is -0.145. The first-order valence-electron chi connectivity index (χ1n) is 7.31. The average Bonchev–Trinajstić information content (AvgIpc) is 2.49. The van der Waals surface area contributed by atoms with Gasteiger partial charge in [-0.05, 0) is 37.7 Å². The van der Waals surface area contributed by atoms with Crippen LogP contribution >= 0.6 is 0 Å². The normalized spacial score (nSPS) is 26.2. The van der Waals surface area contributed by atoms with E-state index in [0.717, 1.165) is 37.0 Å².